The number of hydrogen-bond acceptors (Lipinski definition) is 3. The molecule has 0 saturated carbocycles. The third-order valence-corrected chi connectivity index (χ3v) is 4.50. The highest BCUT2D eigenvalue weighted by Gasteiger charge is 2.35. The molecular formula is C17H16ClF3N4O. The second-order valence-corrected chi connectivity index (χ2v) is 6.59. The summed E-state index contributed by atoms with van der Waals surface area (Å²) in [5.41, 5.74) is 0.562. The first-order valence-electron chi connectivity index (χ1n) is 7.94. The molecule has 0 amide bonds. The van der Waals surface area contributed by atoms with Gasteiger partial charge in [0.1, 0.15) is 5.82 Å². The minimum absolute atomic E-state index is 0.000334. The zero-order valence-corrected chi connectivity index (χ0v) is 14.8. The van der Waals surface area contributed by atoms with Crippen molar-refractivity contribution in [2.75, 3.05) is 0 Å². The van der Waals surface area contributed by atoms with Gasteiger partial charge in [-0.2, -0.15) is 13.2 Å². The van der Waals surface area contributed by atoms with Crippen LogP contribution in [0.3, 0.4) is 0 Å². The van der Waals surface area contributed by atoms with Crippen LogP contribution in [0.1, 0.15) is 19.2 Å². The molecule has 0 saturated heterocycles. The Labute approximate surface area is 152 Å². The first-order chi connectivity index (χ1) is 12.2. The maximum absolute atomic E-state index is 12.9. The van der Waals surface area contributed by atoms with Crippen LogP contribution in [-0.2, 0) is 13.5 Å². The highest BCUT2D eigenvalue weighted by molar-refractivity contribution is 6.30. The molecule has 0 aliphatic carbocycles. The molecule has 138 valence electrons. The summed E-state index contributed by atoms with van der Waals surface area (Å²) in [4.78, 5) is 21.4. The molecule has 0 unspecified atom stereocenters. The second kappa shape index (κ2) is 6.75. The third kappa shape index (κ3) is 3.46. The predicted octanol–water partition coefficient (Wildman–Crippen LogP) is 3.90. The fourth-order valence-corrected chi connectivity index (χ4v) is 2.76. The molecule has 2 aromatic heterocycles. The normalized spacial score (nSPS) is 13.3. The Morgan fingerprint density at radius 1 is 1.23 bits per heavy atom. The van der Waals surface area contributed by atoms with Gasteiger partial charge < -0.3 is 4.57 Å². The van der Waals surface area contributed by atoms with Gasteiger partial charge in [-0.1, -0.05) is 18.5 Å². The third-order valence-electron chi connectivity index (χ3n) is 4.25. The number of halogens is 4. The van der Waals surface area contributed by atoms with Crippen molar-refractivity contribution in [2.24, 2.45) is 13.0 Å². The van der Waals surface area contributed by atoms with Crippen molar-refractivity contribution in [3.8, 4) is 5.69 Å². The van der Waals surface area contributed by atoms with Gasteiger partial charge in [-0.25, -0.2) is 9.97 Å². The second-order valence-electron chi connectivity index (χ2n) is 6.15. The van der Waals surface area contributed by atoms with Crippen LogP contribution >= 0.6 is 11.6 Å². The maximum atomic E-state index is 12.9. The molecule has 0 N–H and O–H groups in total. The van der Waals surface area contributed by atoms with E-state index in [1.54, 1.807) is 35.9 Å². The van der Waals surface area contributed by atoms with Gasteiger partial charge in [0, 0.05) is 18.5 Å². The van der Waals surface area contributed by atoms with E-state index < -0.39 is 17.7 Å². The number of aromatic nitrogens is 4. The number of aryl methyl sites for hydroxylation is 2. The van der Waals surface area contributed by atoms with Crippen LogP contribution in [0, 0.1) is 5.92 Å². The summed E-state index contributed by atoms with van der Waals surface area (Å²) < 4.78 is 41.4. The van der Waals surface area contributed by atoms with E-state index in [1.807, 2.05) is 0 Å². The summed E-state index contributed by atoms with van der Waals surface area (Å²) >= 11 is 5.89. The molecule has 9 heteroatoms. The van der Waals surface area contributed by atoms with Crippen molar-refractivity contribution < 1.29 is 13.2 Å². The SMILES string of the molecule is C[C@H](CCc1nc2c(ncn2C)c(=O)n1-c1ccc(Cl)cc1)C(F)(F)F. The van der Waals surface area contributed by atoms with Crippen molar-refractivity contribution in [2.45, 2.75) is 25.9 Å². The van der Waals surface area contributed by atoms with E-state index >= 15 is 0 Å². The molecule has 0 bridgehead atoms. The van der Waals surface area contributed by atoms with E-state index in [-0.39, 0.29) is 24.2 Å². The van der Waals surface area contributed by atoms with Crippen molar-refractivity contribution in [1.82, 2.24) is 19.1 Å². The van der Waals surface area contributed by atoms with Gasteiger partial charge >= 0.3 is 6.18 Å². The van der Waals surface area contributed by atoms with E-state index in [2.05, 4.69) is 9.97 Å². The number of hydrogen-bond donors (Lipinski definition) is 0. The van der Waals surface area contributed by atoms with E-state index in [4.69, 9.17) is 11.6 Å². The average molecular weight is 385 g/mol. The van der Waals surface area contributed by atoms with Crippen molar-refractivity contribution in [1.29, 1.82) is 0 Å². The van der Waals surface area contributed by atoms with E-state index in [0.717, 1.165) is 6.92 Å². The summed E-state index contributed by atoms with van der Waals surface area (Å²) in [5.74, 6) is -1.25. The fraction of sp³-hybridized carbons (Fsp3) is 0.353. The Morgan fingerprint density at radius 2 is 1.88 bits per heavy atom. The Hall–Kier alpha value is -2.35. The first kappa shape index (κ1) is 18.4. The molecule has 3 aromatic rings. The number of fused-ring (bicyclic) bond motifs is 1. The number of nitrogens with zero attached hydrogens (tertiary/aromatic N) is 4. The minimum Gasteiger partial charge on any atom is -0.318 e. The lowest BCUT2D eigenvalue weighted by Gasteiger charge is -2.17. The Kier molecular flexibility index (Phi) is 4.79. The number of imidazole rings is 1. The topological polar surface area (TPSA) is 52.7 Å². The van der Waals surface area contributed by atoms with Gasteiger partial charge in [-0.3, -0.25) is 9.36 Å². The Morgan fingerprint density at radius 3 is 2.50 bits per heavy atom. The Bertz CT molecular complexity index is 992. The zero-order valence-electron chi connectivity index (χ0n) is 14.1. The van der Waals surface area contributed by atoms with Gasteiger partial charge in [0.2, 0.25) is 0 Å². The smallest absolute Gasteiger partial charge is 0.318 e. The van der Waals surface area contributed by atoms with Crippen LogP contribution in [0.4, 0.5) is 13.2 Å². The van der Waals surface area contributed by atoms with Crippen LogP contribution in [0.25, 0.3) is 16.9 Å². The molecule has 3 rings (SSSR count). The lowest BCUT2D eigenvalue weighted by molar-refractivity contribution is -0.171. The van der Waals surface area contributed by atoms with Crippen LogP contribution in [-0.4, -0.2) is 25.3 Å². The summed E-state index contributed by atoms with van der Waals surface area (Å²) in [6, 6.07) is 6.45. The van der Waals surface area contributed by atoms with Crippen LogP contribution in [0.2, 0.25) is 5.02 Å². The van der Waals surface area contributed by atoms with Gasteiger partial charge in [0.25, 0.3) is 5.56 Å². The Balaban J connectivity index is 2.12. The molecule has 0 aliphatic heterocycles. The average Bonchev–Trinajstić information content (AvgIpc) is 2.94. The van der Waals surface area contributed by atoms with Crippen LogP contribution in [0.5, 0.6) is 0 Å². The highest BCUT2D eigenvalue weighted by Crippen LogP contribution is 2.29. The summed E-state index contributed by atoms with van der Waals surface area (Å²) in [5, 5.41) is 0.487. The maximum Gasteiger partial charge on any atom is 0.391 e. The molecular weight excluding hydrogens is 369 g/mol. The first-order valence-corrected chi connectivity index (χ1v) is 8.32. The fourth-order valence-electron chi connectivity index (χ4n) is 2.64. The largest absolute Gasteiger partial charge is 0.391 e. The van der Waals surface area contributed by atoms with Crippen LogP contribution < -0.4 is 5.56 Å². The van der Waals surface area contributed by atoms with E-state index in [9.17, 15) is 18.0 Å². The number of benzene rings is 1. The van der Waals surface area contributed by atoms with Crippen LogP contribution in [0.15, 0.2) is 35.4 Å². The highest BCUT2D eigenvalue weighted by atomic mass is 35.5. The molecule has 0 radical (unpaired) electrons. The zero-order chi connectivity index (χ0) is 19.1. The standard InChI is InChI=1S/C17H16ClF3N4O/c1-10(17(19,20)21)3-8-13-23-15-14(22-9-24(15)2)16(26)25(13)12-6-4-11(18)5-7-12/h4-7,9-10H,3,8H2,1-2H3/t10-/m1/s1. The molecule has 1 atom stereocenters. The molecule has 1 aromatic carbocycles. The summed E-state index contributed by atoms with van der Waals surface area (Å²) in [6.45, 7) is 1.12. The van der Waals surface area contributed by atoms with E-state index in [1.165, 1.54) is 10.9 Å². The lowest BCUT2D eigenvalue weighted by Crippen LogP contribution is -2.26. The molecule has 2 heterocycles. The van der Waals surface area contributed by atoms with Crippen molar-refractivity contribution >= 4 is 22.8 Å². The predicted molar refractivity (Wildman–Crippen MR) is 92.7 cm³/mol. The lowest BCUT2D eigenvalue weighted by atomic mass is 10.0. The molecule has 0 fully saturated rings. The summed E-state index contributed by atoms with van der Waals surface area (Å²) in [6.07, 6.45) is -3.01. The quantitative estimate of drug-likeness (QED) is 0.685. The van der Waals surface area contributed by atoms with Crippen molar-refractivity contribution in [3.63, 3.8) is 0 Å². The van der Waals surface area contributed by atoms with E-state index in [0.29, 0.717) is 16.4 Å². The van der Waals surface area contributed by atoms with Gasteiger partial charge in [-0.15, -0.1) is 0 Å². The molecule has 0 spiro atoms. The van der Waals surface area contributed by atoms with Gasteiger partial charge in [-0.05, 0) is 30.7 Å². The number of alkyl halides is 3. The number of rotatable bonds is 4. The minimum atomic E-state index is -4.29. The summed E-state index contributed by atoms with van der Waals surface area (Å²) in [7, 11) is 1.68. The molecule has 0 aliphatic rings. The van der Waals surface area contributed by atoms with Crippen molar-refractivity contribution in [3.05, 3.63) is 51.8 Å². The van der Waals surface area contributed by atoms with Gasteiger partial charge in [0.05, 0.1) is 17.9 Å². The monoisotopic (exact) mass is 384 g/mol. The molecule has 5 nitrogen and oxygen atoms in total. The molecule has 26 heavy (non-hydrogen) atoms. The van der Waals surface area contributed by atoms with Gasteiger partial charge in [0.15, 0.2) is 11.2 Å².